The van der Waals surface area contributed by atoms with Gasteiger partial charge in [0.15, 0.2) is 0 Å². The van der Waals surface area contributed by atoms with E-state index in [4.69, 9.17) is 4.74 Å². The number of aliphatic hydroxyl groups excluding tert-OH is 1. The number of nitrogens with one attached hydrogen (secondary N) is 1. The summed E-state index contributed by atoms with van der Waals surface area (Å²) in [6.45, 7) is 2.78. The molecule has 1 atom stereocenters. The number of methoxy groups -OCH3 is 1. The van der Waals surface area contributed by atoms with Crippen LogP contribution in [0.5, 0.6) is 0 Å². The van der Waals surface area contributed by atoms with E-state index in [0.717, 1.165) is 24.1 Å². The van der Waals surface area contributed by atoms with Gasteiger partial charge in [0.05, 0.1) is 19.3 Å². The SMILES string of the molecule is COCc1ccccc1CNC(=O)CN1CC[C@H](O)C1. The van der Waals surface area contributed by atoms with Crippen LogP contribution in [0.1, 0.15) is 17.5 Å². The van der Waals surface area contributed by atoms with Gasteiger partial charge in [-0.25, -0.2) is 0 Å². The van der Waals surface area contributed by atoms with Gasteiger partial charge in [0.2, 0.25) is 5.91 Å². The predicted octanol–water partition coefficient (Wildman–Crippen LogP) is 0.516. The Balaban J connectivity index is 1.81. The number of carbonyl (C=O) groups is 1. The lowest BCUT2D eigenvalue weighted by Crippen LogP contribution is -2.36. The fourth-order valence-corrected chi connectivity index (χ4v) is 2.43. The molecule has 1 aromatic carbocycles. The number of β-amino-alcohol motifs (C(OH)–C–C–N with tert-alkyl or cyclic N) is 1. The van der Waals surface area contributed by atoms with Crippen molar-refractivity contribution in [2.45, 2.75) is 25.7 Å². The Morgan fingerprint density at radius 3 is 2.85 bits per heavy atom. The second kappa shape index (κ2) is 7.38. The van der Waals surface area contributed by atoms with Crippen molar-refractivity contribution in [2.75, 3.05) is 26.7 Å². The van der Waals surface area contributed by atoms with Gasteiger partial charge in [-0.2, -0.15) is 0 Å². The summed E-state index contributed by atoms with van der Waals surface area (Å²) in [7, 11) is 1.66. The van der Waals surface area contributed by atoms with E-state index in [2.05, 4.69) is 5.32 Å². The average Bonchev–Trinajstić information content (AvgIpc) is 2.83. The Morgan fingerprint density at radius 1 is 1.45 bits per heavy atom. The standard InChI is InChI=1S/C15H22N2O3/c1-20-11-13-5-3-2-4-12(13)8-16-15(19)10-17-7-6-14(18)9-17/h2-5,14,18H,6-11H2,1H3,(H,16,19)/t14-/m0/s1. The molecule has 0 unspecified atom stereocenters. The molecular formula is C15H22N2O3. The number of likely N-dealkylation sites (tertiary alicyclic amines) is 1. The molecule has 0 saturated carbocycles. The smallest absolute Gasteiger partial charge is 0.234 e. The summed E-state index contributed by atoms with van der Waals surface area (Å²) < 4.78 is 5.15. The van der Waals surface area contributed by atoms with Crippen LogP contribution in [0, 0.1) is 0 Å². The maximum atomic E-state index is 11.9. The average molecular weight is 278 g/mol. The van der Waals surface area contributed by atoms with Gasteiger partial charge in [-0.15, -0.1) is 0 Å². The van der Waals surface area contributed by atoms with E-state index < -0.39 is 0 Å². The van der Waals surface area contributed by atoms with Crippen LogP contribution in [0.15, 0.2) is 24.3 Å². The van der Waals surface area contributed by atoms with Gasteiger partial charge in [0, 0.05) is 26.7 Å². The summed E-state index contributed by atoms with van der Waals surface area (Å²) in [6.07, 6.45) is 0.467. The van der Waals surface area contributed by atoms with Crippen LogP contribution in [0.25, 0.3) is 0 Å². The normalized spacial score (nSPS) is 19.2. The number of aliphatic hydroxyl groups is 1. The number of benzene rings is 1. The second-order valence-electron chi connectivity index (χ2n) is 5.16. The van der Waals surface area contributed by atoms with Crippen molar-refractivity contribution in [1.29, 1.82) is 0 Å². The predicted molar refractivity (Wildman–Crippen MR) is 76.1 cm³/mol. The lowest BCUT2D eigenvalue weighted by Gasteiger charge is -2.15. The van der Waals surface area contributed by atoms with Crippen LogP contribution in [-0.4, -0.2) is 48.8 Å². The first kappa shape index (κ1) is 15.0. The Kier molecular flexibility index (Phi) is 5.52. The molecule has 0 aliphatic carbocycles. The highest BCUT2D eigenvalue weighted by Crippen LogP contribution is 2.10. The minimum absolute atomic E-state index is 0.00804. The quantitative estimate of drug-likeness (QED) is 0.796. The molecule has 5 nitrogen and oxygen atoms in total. The zero-order valence-corrected chi connectivity index (χ0v) is 11.8. The van der Waals surface area contributed by atoms with Crippen molar-refractivity contribution >= 4 is 5.91 Å². The summed E-state index contributed by atoms with van der Waals surface area (Å²) in [4.78, 5) is 13.9. The molecule has 110 valence electrons. The Bertz CT molecular complexity index is 450. The van der Waals surface area contributed by atoms with E-state index in [0.29, 0.717) is 26.2 Å². The van der Waals surface area contributed by atoms with Gasteiger partial charge in [-0.1, -0.05) is 24.3 Å². The summed E-state index contributed by atoms with van der Waals surface area (Å²) in [5.41, 5.74) is 2.16. The van der Waals surface area contributed by atoms with Crippen molar-refractivity contribution in [2.24, 2.45) is 0 Å². The molecule has 1 aliphatic heterocycles. The van der Waals surface area contributed by atoms with Gasteiger partial charge >= 0.3 is 0 Å². The minimum atomic E-state index is -0.287. The van der Waals surface area contributed by atoms with Crippen molar-refractivity contribution in [3.63, 3.8) is 0 Å². The Hall–Kier alpha value is -1.43. The highest BCUT2D eigenvalue weighted by Gasteiger charge is 2.21. The highest BCUT2D eigenvalue weighted by molar-refractivity contribution is 5.78. The van der Waals surface area contributed by atoms with Crippen LogP contribution >= 0.6 is 0 Å². The van der Waals surface area contributed by atoms with Crippen LogP contribution in [0.4, 0.5) is 0 Å². The number of nitrogens with zero attached hydrogens (tertiary/aromatic N) is 1. The highest BCUT2D eigenvalue weighted by atomic mass is 16.5. The van der Waals surface area contributed by atoms with Crippen molar-refractivity contribution in [1.82, 2.24) is 10.2 Å². The second-order valence-corrected chi connectivity index (χ2v) is 5.16. The molecule has 20 heavy (non-hydrogen) atoms. The first-order chi connectivity index (χ1) is 9.69. The van der Waals surface area contributed by atoms with E-state index in [1.54, 1.807) is 7.11 Å². The number of amides is 1. The molecule has 5 heteroatoms. The van der Waals surface area contributed by atoms with E-state index in [-0.39, 0.29) is 12.0 Å². The zero-order valence-electron chi connectivity index (χ0n) is 11.8. The van der Waals surface area contributed by atoms with Crippen molar-refractivity contribution < 1.29 is 14.6 Å². The van der Waals surface area contributed by atoms with Gasteiger partial charge in [0.1, 0.15) is 0 Å². The molecule has 0 aromatic heterocycles. The molecule has 1 amide bonds. The van der Waals surface area contributed by atoms with E-state index >= 15 is 0 Å². The van der Waals surface area contributed by atoms with Crippen molar-refractivity contribution in [3.8, 4) is 0 Å². The monoisotopic (exact) mass is 278 g/mol. The van der Waals surface area contributed by atoms with Crippen LogP contribution in [-0.2, 0) is 22.7 Å². The third-order valence-corrected chi connectivity index (χ3v) is 3.51. The third kappa shape index (κ3) is 4.30. The largest absolute Gasteiger partial charge is 0.392 e. The van der Waals surface area contributed by atoms with Crippen LogP contribution in [0.2, 0.25) is 0 Å². The van der Waals surface area contributed by atoms with Gasteiger partial charge < -0.3 is 15.2 Å². The molecule has 0 bridgehead atoms. The lowest BCUT2D eigenvalue weighted by molar-refractivity contribution is -0.122. The van der Waals surface area contributed by atoms with Crippen LogP contribution < -0.4 is 5.32 Å². The molecular weight excluding hydrogens is 256 g/mol. The molecule has 1 aromatic rings. The number of hydrogen-bond acceptors (Lipinski definition) is 4. The maximum Gasteiger partial charge on any atom is 0.234 e. The van der Waals surface area contributed by atoms with E-state index in [1.165, 1.54) is 0 Å². The molecule has 1 aliphatic rings. The van der Waals surface area contributed by atoms with Crippen LogP contribution in [0.3, 0.4) is 0 Å². The molecule has 2 N–H and O–H groups in total. The first-order valence-electron chi connectivity index (χ1n) is 6.92. The minimum Gasteiger partial charge on any atom is -0.392 e. The van der Waals surface area contributed by atoms with Gasteiger partial charge in [-0.3, -0.25) is 9.69 Å². The van der Waals surface area contributed by atoms with E-state index in [9.17, 15) is 9.90 Å². The van der Waals surface area contributed by atoms with Gasteiger partial charge in [-0.05, 0) is 17.5 Å². The molecule has 1 heterocycles. The molecule has 1 fully saturated rings. The summed E-state index contributed by atoms with van der Waals surface area (Å²) in [6, 6.07) is 7.92. The molecule has 2 rings (SSSR count). The first-order valence-corrected chi connectivity index (χ1v) is 6.92. The number of carbonyl (C=O) groups excluding carboxylic acids is 1. The Morgan fingerprint density at radius 2 is 2.20 bits per heavy atom. The number of rotatable bonds is 6. The summed E-state index contributed by atoms with van der Waals surface area (Å²) in [5, 5.41) is 12.4. The molecule has 0 spiro atoms. The number of hydrogen-bond donors (Lipinski definition) is 2. The summed E-state index contributed by atoms with van der Waals surface area (Å²) in [5.74, 6) is -0.00804. The maximum absolute atomic E-state index is 11.9. The zero-order chi connectivity index (χ0) is 14.4. The molecule has 1 saturated heterocycles. The third-order valence-electron chi connectivity index (χ3n) is 3.51. The number of ether oxygens (including phenoxy) is 1. The van der Waals surface area contributed by atoms with Crippen molar-refractivity contribution in [3.05, 3.63) is 35.4 Å². The Labute approximate surface area is 119 Å². The fourth-order valence-electron chi connectivity index (χ4n) is 2.43. The fraction of sp³-hybridized carbons (Fsp3) is 0.533. The summed E-state index contributed by atoms with van der Waals surface area (Å²) >= 11 is 0. The van der Waals surface area contributed by atoms with E-state index in [1.807, 2.05) is 29.2 Å². The lowest BCUT2D eigenvalue weighted by atomic mass is 10.1. The van der Waals surface area contributed by atoms with Gasteiger partial charge in [0.25, 0.3) is 0 Å². The molecule has 0 radical (unpaired) electrons. The topological polar surface area (TPSA) is 61.8 Å².